The summed E-state index contributed by atoms with van der Waals surface area (Å²) in [4.78, 5) is 4.43. The van der Waals surface area contributed by atoms with Crippen LogP contribution in [0.3, 0.4) is 0 Å². The Morgan fingerprint density at radius 2 is 0.727 bits per heavy atom. The van der Waals surface area contributed by atoms with Gasteiger partial charge in [-0.05, 0) is 95.1 Å². The lowest BCUT2D eigenvalue weighted by Gasteiger charge is -2.27. The minimum absolute atomic E-state index is 0.392. The van der Waals surface area contributed by atoms with Crippen LogP contribution in [0.5, 0.6) is 0 Å². The SMILES string of the molecule is N#CC(C#N)C1c2cc(N(c3ccccc3)c3ccccc3)ccc2-c2ccc(N(c3ccccc3)c3ccccc3)cc21. The fourth-order valence-corrected chi connectivity index (χ4v) is 6.29. The number of fused-ring (bicyclic) bond motifs is 3. The van der Waals surface area contributed by atoms with Crippen LogP contribution in [0.1, 0.15) is 17.0 Å². The lowest BCUT2D eigenvalue weighted by atomic mass is 9.85. The molecule has 0 aromatic heterocycles. The second-order valence-electron chi connectivity index (χ2n) is 10.8. The maximum atomic E-state index is 10.2. The number of benzene rings is 6. The standard InChI is InChI=1S/C40H28N4/c41-27-29(28-42)40-38-25-34(43(30-13-5-1-6-14-30)31-15-7-2-8-16-31)21-23-36(38)37-24-22-35(26-39(37)40)44(32-17-9-3-10-18-32)33-19-11-4-12-20-33/h1-26,29,40H. The first-order chi connectivity index (χ1) is 21.8. The average molecular weight is 565 g/mol. The molecule has 0 saturated carbocycles. The Balaban J connectivity index is 1.39. The highest BCUT2D eigenvalue weighted by molar-refractivity contribution is 5.87. The van der Waals surface area contributed by atoms with E-state index in [1.165, 1.54) is 0 Å². The van der Waals surface area contributed by atoms with Gasteiger partial charge in [-0.1, -0.05) is 84.9 Å². The third-order valence-electron chi connectivity index (χ3n) is 8.22. The first-order valence-electron chi connectivity index (χ1n) is 14.6. The highest BCUT2D eigenvalue weighted by Crippen LogP contribution is 2.52. The van der Waals surface area contributed by atoms with Gasteiger partial charge in [-0.2, -0.15) is 10.5 Å². The van der Waals surface area contributed by atoms with E-state index >= 15 is 0 Å². The average Bonchev–Trinajstić information content (AvgIpc) is 3.40. The number of anilines is 6. The van der Waals surface area contributed by atoms with Crippen LogP contribution in [0.25, 0.3) is 11.1 Å². The van der Waals surface area contributed by atoms with Crippen LogP contribution in [-0.2, 0) is 0 Å². The summed E-state index contributed by atoms with van der Waals surface area (Å²) in [6.07, 6.45) is 0. The molecule has 6 aromatic rings. The van der Waals surface area contributed by atoms with Crippen LogP contribution in [0.4, 0.5) is 34.1 Å². The molecule has 6 aromatic carbocycles. The molecule has 0 unspecified atom stereocenters. The van der Waals surface area contributed by atoms with E-state index in [1.54, 1.807) is 0 Å². The molecule has 44 heavy (non-hydrogen) atoms. The third-order valence-corrected chi connectivity index (χ3v) is 8.22. The van der Waals surface area contributed by atoms with Crippen molar-refractivity contribution in [2.75, 3.05) is 9.80 Å². The fraction of sp³-hybridized carbons (Fsp3) is 0.0500. The fourth-order valence-electron chi connectivity index (χ4n) is 6.29. The Morgan fingerprint density at radius 1 is 0.409 bits per heavy atom. The summed E-state index contributed by atoms with van der Waals surface area (Å²) in [5.74, 6) is -1.24. The lowest BCUT2D eigenvalue weighted by Crippen LogP contribution is -2.13. The molecule has 0 bridgehead atoms. The summed E-state index contributed by atoms with van der Waals surface area (Å²) >= 11 is 0. The normalized spacial score (nSPS) is 11.7. The predicted octanol–water partition coefficient (Wildman–Crippen LogP) is 10.4. The predicted molar refractivity (Wildman–Crippen MR) is 178 cm³/mol. The number of hydrogen-bond donors (Lipinski definition) is 0. The molecule has 4 nitrogen and oxygen atoms in total. The highest BCUT2D eigenvalue weighted by Gasteiger charge is 2.36. The topological polar surface area (TPSA) is 54.1 Å². The number of nitriles is 2. The van der Waals surface area contributed by atoms with Crippen molar-refractivity contribution in [3.63, 3.8) is 0 Å². The van der Waals surface area contributed by atoms with E-state index in [2.05, 4.69) is 107 Å². The molecule has 0 amide bonds. The monoisotopic (exact) mass is 564 g/mol. The Hall–Kier alpha value is -6.10. The molecule has 0 aliphatic heterocycles. The van der Waals surface area contributed by atoms with Gasteiger partial charge in [-0.25, -0.2) is 0 Å². The zero-order chi connectivity index (χ0) is 29.9. The molecule has 0 atom stereocenters. The summed E-state index contributed by atoms with van der Waals surface area (Å²) in [5, 5.41) is 20.4. The minimum Gasteiger partial charge on any atom is -0.310 e. The molecule has 0 heterocycles. The van der Waals surface area contributed by atoms with Crippen molar-refractivity contribution in [3.05, 3.63) is 169 Å². The van der Waals surface area contributed by atoms with Crippen LogP contribution in [0.2, 0.25) is 0 Å². The maximum Gasteiger partial charge on any atom is 0.144 e. The number of para-hydroxylation sites is 4. The molecule has 1 aliphatic carbocycles. The number of nitrogens with zero attached hydrogens (tertiary/aromatic N) is 4. The molecular formula is C40H28N4. The van der Waals surface area contributed by atoms with E-state index < -0.39 is 11.8 Å². The number of hydrogen-bond acceptors (Lipinski definition) is 4. The van der Waals surface area contributed by atoms with Crippen LogP contribution in [0.15, 0.2) is 158 Å². The van der Waals surface area contributed by atoms with Gasteiger partial charge in [0.05, 0.1) is 12.1 Å². The van der Waals surface area contributed by atoms with Crippen molar-refractivity contribution in [2.24, 2.45) is 5.92 Å². The van der Waals surface area contributed by atoms with Crippen molar-refractivity contribution in [1.82, 2.24) is 0 Å². The van der Waals surface area contributed by atoms with Gasteiger partial charge < -0.3 is 9.80 Å². The molecule has 0 radical (unpaired) electrons. The molecule has 0 fully saturated rings. The quantitative estimate of drug-likeness (QED) is 0.194. The summed E-state index contributed by atoms with van der Waals surface area (Å²) < 4.78 is 0. The van der Waals surface area contributed by atoms with Crippen molar-refractivity contribution in [2.45, 2.75) is 5.92 Å². The van der Waals surface area contributed by atoms with Gasteiger partial charge >= 0.3 is 0 Å². The van der Waals surface area contributed by atoms with Gasteiger partial charge in [-0.15, -0.1) is 0 Å². The van der Waals surface area contributed by atoms with Crippen molar-refractivity contribution < 1.29 is 0 Å². The Kier molecular flexibility index (Phi) is 7.09. The zero-order valence-electron chi connectivity index (χ0n) is 24.0. The largest absolute Gasteiger partial charge is 0.310 e. The van der Waals surface area contributed by atoms with Crippen LogP contribution >= 0.6 is 0 Å². The van der Waals surface area contributed by atoms with E-state index in [4.69, 9.17) is 0 Å². The molecule has 0 N–H and O–H groups in total. The van der Waals surface area contributed by atoms with Crippen molar-refractivity contribution >= 4 is 34.1 Å². The second-order valence-corrected chi connectivity index (χ2v) is 10.8. The molecule has 0 saturated heterocycles. The molecule has 1 aliphatic rings. The van der Waals surface area contributed by atoms with Gasteiger partial charge in [0.2, 0.25) is 0 Å². The molecular weight excluding hydrogens is 536 g/mol. The Morgan fingerprint density at radius 3 is 1.02 bits per heavy atom. The van der Waals surface area contributed by atoms with E-state index in [-0.39, 0.29) is 0 Å². The van der Waals surface area contributed by atoms with Crippen LogP contribution in [-0.4, -0.2) is 0 Å². The zero-order valence-corrected chi connectivity index (χ0v) is 24.0. The maximum absolute atomic E-state index is 10.2. The summed E-state index contributed by atoms with van der Waals surface area (Å²) in [7, 11) is 0. The van der Waals surface area contributed by atoms with Crippen LogP contribution in [0, 0.1) is 28.6 Å². The van der Waals surface area contributed by atoms with E-state index in [1.807, 2.05) is 72.8 Å². The van der Waals surface area contributed by atoms with Crippen molar-refractivity contribution in [3.8, 4) is 23.3 Å². The van der Waals surface area contributed by atoms with Gasteiger partial charge in [0.15, 0.2) is 0 Å². The van der Waals surface area contributed by atoms with Gasteiger partial charge in [0.25, 0.3) is 0 Å². The summed E-state index contributed by atoms with van der Waals surface area (Å²) in [6, 6.07) is 58.5. The van der Waals surface area contributed by atoms with E-state index in [9.17, 15) is 10.5 Å². The first kappa shape index (κ1) is 26.8. The van der Waals surface area contributed by atoms with Gasteiger partial charge in [0.1, 0.15) is 5.92 Å². The second kappa shape index (κ2) is 11.6. The summed E-state index contributed by atoms with van der Waals surface area (Å²) in [6.45, 7) is 0. The Labute approximate surface area is 257 Å². The molecule has 0 spiro atoms. The molecule has 208 valence electrons. The first-order valence-corrected chi connectivity index (χ1v) is 14.6. The summed E-state index contributed by atoms with van der Waals surface area (Å²) in [5.41, 5.74) is 10.2. The van der Waals surface area contributed by atoms with Crippen LogP contribution < -0.4 is 9.80 Å². The lowest BCUT2D eigenvalue weighted by molar-refractivity contribution is 0.725. The number of rotatable bonds is 7. The molecule has 4 heteroatoms. The van der Waals surface area contributed by atoms with Crippen molar-refractivity contribution in [1.29, 1.82) is 10.5 Å². The molecule has 7 rings (SSSR count). The van der Waals surface area contributed by atoms with E-state index in [0.717, 1.165) is 56.4 Å². The Bertz CT molecular complexity index is 1770. The van der Waals surface area contributed by atoms with Gasteiger partial charge in [0, 0.05) is 40.0 Å². The smallest absolute Gasteiger partial charge is 0.144 e. The van der Waals surface area contributed by atoms with E-state index in [0.29, 0.717) is 0 Å². The third kappa shape index (κ3) is 4.75. The van der Waals surface area contributed by atoms with Gasteiger partial charge in [-0.3, -0.25) is 0 Å². The minimum atomic E-state index is -0.843. The highest BCUT2D eigenvalue weighted by atomic mass is 15.1.